The normalized spacial score (nSPS) is 16.9. The summed E-state index contributed by atoms with van der Waals surface area (Å²) in [5, 5.41) is 0. The summed E-state index contributed by atoms with van der Waals surface area (Å²) in [6.07, 6.45) is 48.3. The summed E-state index contributed by atoms with van der Waals surface area (Å²) in [6.45, 7) is 73.5. The zero-order valence-electron chi connectivity index (χ0n) is 77.4. The fourth-order valence-corrected chi connectivity index (χ4v) is 11.2. The van der Waals surface area contributed by atoms with Crippen LogP contribution in [0.15, 0.2) is 176 Å². The number of aryl methyl sites for hydroxylation is 1. The van der Waals surface area contributed by atoms with Gasteiger partial charge in [-0.2, -0.15) is 0 Å². The summed E-state index contributed by atoms with van der Waals surface area (Å²) in [5.41, 5.74) is 8.75. The number of allylic oxidation sites excluding steroid dienone is 7. The molecule has 3 nitrogen and oxygen atoms in total. The summed E-state index contributed by atoms with van der Waals surface area (Å²) < 4.78 is 5.49. The molecule has 15 rings (SSSR count). The van der Waals surface area contributed by atoms with Gasteiger partial charge in [0.15, 0.2) is 0 Å². The van der Waals surface area contributed by atoms with Gasteiger partial charge in [0, 0.05) is 12.4 Å². The predicted molar refractivity (Wildman–Crippen MR) is 502 cm³/mol. The molecule has 106 heavy (non-hydrogen) atoms. The Hall–Kier alpha value is -5.25. The topological polar surface area (TPSA) is 25.4 Å². The molecule has 1 aromatic heterocycles. The number of hydrogen-bond acceptors (Lipinski definition) is 3. The SMILES string of the molecule is C.C1=CCC=C1.C1=CCCCC1.C1=Cc2ccccc2C1.C1C2CC3CC1CC(C2)C3.CC.CC.CC.CC.CC.CC.CC.CC.CC.CC.CC.CC(C)c1ccccc1.CC1CCOc2ccccc21.CC1CCc2ccccc21.CCC.CCC.CCC.CCC.CN1CCC1.c1ccncc1. The van der Waals surface area contributed by atoms with Crippen molar-refractivity contribution in [3.63, 3.8) is 0 Å². The van der Waals surface area contributed by atoms with Crippen molar-refractivity contribution in [3.05, 3.63) is 210 Å². The Morgan fingerprint density at radius 3 is 1.05 bits per heavy atom. The first-order valence-corrected chi connectivity index (χ1v) is 44.6. The summed E-state index contributed by atoms with van der Waals surface area (Å²) in [6, 6.07) is 41.8. The summed E-state index contributed by atoms with van der Waals surface area (Å²) >= 11 is 0. The van der Waals surface area contributed by atoms with Gasteiger partial charge in [-0.05, 0) is 216 Å². The minimum absolute atomic E-state index is 0. The lowest BCUT2D eigenvalue weighted by atomic mass is 9.56. The van der Waals surface area contributed by atoms with Crippen LogP contribution < -0.4 is 4.74 Å². The van der Waals surface area contributed by atoms with Crippen molar-refractivity contribution in [1.29, 1.82) is 0 Å². The van der Waals surface area contributed by atoms with Gasteiger partial charge in [-0.1, -0.05) is 420 Å². The summed E-state index contributed by atoms with van der Waals surface area (Å²) in [7, 11) is 2.14. The predicted octanol–water partition coefficient (Wildman–Crippen LogP) is 35.8. The van der Waals surface area contributed by atoms with E-state index in [1.807, 2.05) is 189 Å². The Balaban J connectivity index is -0.000000102. The van der Waals surface area contributed by atoms with Crippen molar-refractivity contribution in [3.8, 4) is 5.75 Å². The zero-order valence-corrected chi connectivity index (χ0v) is 77.4. The maximum Gasteiger partial charge on any atom is 0.122 e. The van der Waals surface area contributed by atoms with Crippen LogP contribution in [0.5, 0.6) is 5.75 Å². The molecule has 620 valence electrons. The van der Waals surface area contributed by atoms with Crippen LogP contribution in [0, 0.1) is 23.7 Å². The van der Waals surface area contributed by atoms with E-state index in [1.165, 1.54) is 130 Å². The molecule has 2 atom stereocenters. The first-order chi connectivity index (χ1) is 51.5. The lowest BCUT2D eigenvalue weighted by molar-refractivity contribution is 0.0198. The van der Waals surface area contributed by atoms with E-state index in [0.29, 0.717) is 11.8 Å². The largest absolute Gasteiger partial charge is 0.493 e. The molecule has 5 aromatic rings. The maximum absolute atomic E-state index is 5.49. The van der Waals surface area contributed by atoms with Crippen molar-refractivity contribution in [2.24, 2.45) is 23.7 Å². The molecule has 3 heteroatoms. The number of pyridine rings is 1. The minimum atomic E-state index is 0. The van der Waals surface area contributed by atoms with E-state index in [1.54, 1.807) is 62.0 Å². The van der Waals surface area contributed by atoms with Gasteiger partial charge in [-0.3, -0.25) is 4.98 Å². The van der Waals surface area contributed by atoms with Crippen LogP contribution in [0.2, 0.25) is 0 Å². The first-order valence-electron chi connectivity index (χ1n) is 44.6. The molecule has 10 aliphatic rings. The number of benzene rings is 4. The van der Waals surface area contributed by atoms with E-state index in [2.05, 4.69) is 234 Å². The third-order valence-corrected chi connectivity index (χ3v) is 15.3. The number of nitrogens with zero attached hydrogens (tertiary/aromatic N) is 2. The second kappa shape index (κ2) is 108. The number of ether oxygens (including phenoxy) is 1. The molecule has 0 radical (unpaired) electrons. The van der Waals surface area contributed by atoms with Crippen LogP contribution in [-0.2, 0) is 12.8 Å². The molecule has 8 aliphatic carbocycles. The Bertz CT molecular complexity index is 2270. The van der Waals surface area contributed by atoms with Crippen LogP contribution in [0.3, 0.4) is 0 Å². The lowest BCUT2D eigenvalue weighted by Crippen LogP contribution is -2.38. The molecule has 2 aliphatic heterocycles. The molecule has 0 amide bonds. The molecule has 0 spiro atoms. The van der Waals surface area contributed by atoms with Gasteiger partial charge in [-0.25, -0.2) is 0 Å². The molecular weight excluding hydrogens is 1280 g/mol. The smallest absolute Gasteiger partial charge is 0.122 e. The molecule has 2 unspecified atom stereocenters. The van der Waals surface area contributed by atoms with Crippen molar-refractivity contribution >= 4 is 6.08 Å². The fraction of sp³-hybridized carbons (Fsp3) is 0.641. The third kappa shape index (κ3) is 75.6. The Morgan fingerprint density at radius 1 is 0.406 bits per heavy atom. The molecule has 4 bridgehead atoms. The lowest BCUT2D eigenvalue weighted by Gasteiger charge is -2.49. The van der Waals surface area contributed by atoms with E-state index in [-0.39, 0.29) is 7.43 Å². The summed E-state index contributed by atoms with van der Waals surface area (Å²) in [4.78, 5) is 6.09. The van der Waals surface area contributed by atoms with Crippen LogP contribution in [0.1, 0.15) is 410 Å². The van der Waals surface area contributed by atoms with Crippen molar-refractivity contribution < 1.29 is 4.74 Å². The number of para-hydroxylation sites is 1. The van der Waals surface area contributed by atoms with Gasteiger partial charge < -0.3 is 9.64 Å². The molecular formula is C103H192N2O. The average molecular weight is 1470 g/mol. The monoisotopic (exact) mass is 1470 g/mol. The molecule has 0 N–H and O–H groups in total. The van der Waals surface area contributed by atoms with E-state index >= 15 is 0 Å². The number of rotatable bonds is 1. The maximum atomic E-state index is 5.49. The molecule has 5 fully saturated rings. The highest BCUT2D eigenvalue weighted by Crippen LogP contribution is 2.53. The Labute approximate surface area is 671 Å². The minimum Gasteiger partial charge on any atom is -0.493 e. The number of aromatic nitrogens is 1. The number of hydrogen-bond donors (Lipinski definition) is 0. The van der Waals surface area contributed by atoms with Crippen LogP contribution in [-0.4, -0.2) is 36.6 Å². The highest BCUT2D eigenvalue weighted by Gasteiger charge is 2.41. The van der Waals surface area contributed by atoms with Gasteiger partial charge in [0.25, 0.3) is 0 Å². The van der Waals surface area contributed by atoms with Gasteiger partial charge >= 0.3 is 0 Å². The van der Waals surface area contributed by atoms with E-state index in [0.717, 1.165) is 37.5 Å². The Kier molecular flexibility index (Phi) is 127. The standard InChI is InChI=1S/C10H12O.C10H16.C10H12.C9H8.C9H12.C6H10.C5H5N.C5H6.C4H9N.4C3H8.11C2H6.CH4/c1-8-6-7-11-10-5-3-2-4-9(8)10;1-7-2-9-4-8(1)5-10(3-7)6-9;1-8-6-7-9-4-2-3-5-10(8)9;1-2-5-9-7-3-6-8(9)4-1;1-8(2)9-6-4-3-5-7-9;2*1-2-4-6-5-3-1;1-2-4-5-3-1;1-5-3-2-4-5;4*1-3-2;11*1-2;/h2-5,8H,6-7H2,1H3;7-10H,1-6H2;2-5,8H,6-7H2,1H3;1-6H,7H2;3-8H,1-2H3;1-2H,3-6H2;1-5H;1-4H,5H2;2-4H2,1H3;4*3H2,1-2H3;11*1-2H3;1H4. The molecule has 4 saturated carbocycles. The van der Waals surface area contributed by atoms with Crippen molar-refractivity contribution in [2.75, 3.05) is 26.7 Å². The average Bonchev–Trinajstić information content (AvgIpc) is 1.24. The van der Waals surface area contributed by atoms with Gasteiger partial charge in [0.2, 0.25) is 0 Å². The van der Waals surface area contributed by atoms with Gasteiger partial charge in [-0.15, -0.1) is 0 Å². The zero-order chi connectivity index (χ0) is 82.6. The first kappa shape index (κ1) is 124. The van der Waals surface area contributed by atoms with E-state index < -0.39 is 0 Å². The van der Waals surface area contributed by atoms with Crippen LogP contribution in [0.25, 0.3) is 6.08 Å². The van der Waals surface area contributed by atoms with Crippen molar-refractivity contribution in [2.45, 2.75) is 389 Å². The molecule has 3 heterocycles. The van der Waals surface area contributed by atoms with Crippen LogP contribution in [0.4, 0.5) is 0 Å². The Morgan fingerprint density at radius 2 is 0.755 bits per heavy atom. The fourth-order valence-electron chi connectivity index (χ4n) is 11.2. The van der Waals surface area contributed by atoms with Crippen molar-refractivity contribution in [1.82, 2.24) is 9.88 Å². The van der Waals surface area contributed by atoms with Gasteiger partial charge in [0.05, 0.1) is 6.61 Å². The van der Waals surface area contributed by atoms with E-state index in [9.17, 15) is 0 Å². The highest BCUT2D eigenvalue weighted by atomic mass is 16.5. The molecule has 1 saturated heterocycles. The number of fused-ring (bicyclic) bond motifs is 3. The van der Waals surface area contributed by atoms with Crippen LogP contribution >= 0.6 is 0 Å². The number of likely N-dealkylation sites (tertiary alicyclic amines) is 1. The third-order valence-electron chi connectivity index (χ3n) is 15.3. The highest BCUT2D eigenvalue weighted by molar-refractivity contribution is 5.59. The second-order valence-electron chi connectivity index (χ2n) is 24.3. The second-order valence-corrected chi connectivity index (χ2v) is 24.3. The van der Waals surface area contributed by atoms with Gasteiger partial charge in [0.1, 0.15) is 5.75 Å². The van der Waals surface area contributed by atoms with E-state index in [4.69, 9.17) is 4.74 Å². The quantitative estimate of drug-likeness (QED) is 0.156. The molecule has 4 aromatic carbocycles. The summed E-state index contributed by atoms with van der Waals surface area (Å²) in [5.74, 6) is 7.91.